The molecule has 3 rings (SSSR count). The second-order valence-corrected chi connectivity index (χ2v) is 6.18. The minimum atomic E-state index is -0.299. The van der Waals surface area contributed by atoms with E-state index >= 15 is 0 Å². The molecule has 3 aromatic rings. The Labute approximate surface area is 154 Å². The van der Waals surface area contributed by atoms with E-state index in [9.17, 15) is 9.65 Å². The van der Waals surface area contributed by atoms with Gasteiger partial charge in [0.2, 0.25) is 0 Å². The molecule has 0 unspecified atom stereocenters. The molecule has 0 atom stereocenters. The lowest BCUT2D eigenvalue weighted by molar-refractivity contribution is 0.402. The van der Waals surface area contributed by atoms with E-state index in [4.69, 9.17) is 9.47 Å². The third kappa shape index (κ3) is 3.73. The third-order valence-corrected chi connectivity index (χ3v) is 4.61. The number of hydrogen-bond donors (Lipinski definition) is 0. The molecule has 0 N–H and O–H groups in total. The van der Waals surface area contributed by atoms with Crippen molar-refractivity contribution < 1.29 is 13.9 Å². The molecule has 0 amide bonds. The third-order valence-electron chi connectivity index (χ3n) is 3.73. The number of rotatable bonds is 5. The summed E-state index contributed by atoms with van der Waals surface area (Å²) >= 11 is 1.36. The molecule has 2 aromatic carbocycles. The highest BCUT2D eigenvalue weighted by molar-refractivity contribution is 7.11. The number of methoxy groups -OCH3 is 2. The molecule has 0 fully saturated rings. The molecule has 1 heterocycles. The van der Waals surface area contributed by atoms with Crippen LogP contribution < -0.4 is 9.47 Å². The van der Waals surface area contributed by atoms with Crippen LogP contribution in [0.1, 0.15) is 10.6 Å². The van der Waals surface area contributed by atoms with Gasteiger partial charge < -0.3 is 9.47 Å². The Bertz CT molecular complexity index is 988. The van der Waals surface area contributed by atoms with Gasteiger partial charge >= 0.3 is 0 Å². The molecular formula is C20H15FN2O2S. The van der Waals surface area contributed by atoms with Crippen molar-refractivity contribution in [3.8, 4) is 28.8 Å². The van der Waals surface area contributed by atoms with Crippen molar-refractivity contribution in [2.45, 2.75) is 0 Å². The Hall–Kier alpha value is -3.17. The number of benzene rings is 2. The molecule has 0 aliphatic carbocycles. The summed E-state index contributed by atoms with van der Waals surface area (Å²) < 4.78 is 23.7. The maximum Gasteiger partial charge on any atom is 0.134 e. The first-order valence-electron chi connectivity index (χ1n) is 7.70. The molecule has 4 nitrogen and oxygen atoms in total. The average Bonchev–Trinajstić information content (AvgIpc) is 3.16. The van der Waals surface area contributed by atoms with Gasteiger partial charge in [0, 0.05) is 16.5 Å². The van der Waals surface area contributed by atoms with Crippen molar-refractivity contribution in [3.05, 3.63) is 64.2 Å². The molecule has 130 valence electrons. The van der Waals surface area contributed by atoms with Crippen molar-refractivity contribution in [1.29, 1.82) is 5.26 Å². The second kappa shape index (κ2) is 7.81. The van der Waals surface area contributed by atoms with Crippen molar-refractivity contribution in [3.63, 3.8) is 0 Å². The summed E-state index contributed by atoms with van der Waals surface area (Å²) in [6, 6.07) is 13.6. The van der Waals surface area contributed by atoms with Crippen LogP contribution in [0.25, 0.3) is 22.9 Å². The lowest BCUT2D eigenvalue weighted by atomic mass is 10.1. The van der Waals surface area contributed by atoms with Crippen molar-refractivity contribution in [1.82, 2.24) is 4.98 Å². The van der Waals surface area contributed by atoms with E-state index in [0.29, 0.717) is 27.8 Å². The molecule has 1 aromatic heterocycles. The van der Waals surface area contributed by atoms with Crippen LogP contribution in [0.4, 0.5) is 4.39 Å². The van der Waals surface area contributed by atoms with Gasteiger partial charge in [0.1, 0.15) is 28.4 Å². The first-order valence-corrected chi connectivity index (χ1v) is 8.58. The molecule has 0 saturated heterocycles. The van der Waals surface area contributed by atoms with Crippen LogP contribution in [-0.4, -0.2) is 19.2 Å². The molecule has 0 spiro atoms. The summed E-state index contributed by atoms with van der Waals surface area (Å²) in [6.07, 6.45) is 1.72. The number of aromatic nitrogens is 1. The van der Waals surface area contributed by atoms with Crippen LogP contribution in [0.5, 0.6) is 11.5 Å². The van der Waals surface area contributed by atoms with E-state index in [2.05, 4.69) is 11.1 Å². The van der Waals surface area contributed by atoms with Gasteiger partial charge in [-0.05, 0) is 48.5 Å². The topological polar surface area (TPSA) is 55.1 Å². The number of nitriles is 1. The van der Waals surface area contributed by atoms with Crippen LogP contribution in [0.2, 0.25) is 0 Å². The van der Waals surface area contributed by atoms with E-state index in [1.807, 2.05) is 5.38 Å². The highest BCUT2D eigenvalue weighted by Crippen LogP contribution is 2.31. The first kappa shape index (κ1) is 17.6. The molecule has 6 heteroatoms. The lowest BCUT2D eigenvalue weighted by Gasteiger charge is -2.07. The number of thiazole rings is 1. The van der Waals surface area contributed by atoms with E-state index in [-0.39, 0.29) is 5.82 Å². The van der Waals surface area contributed by atoms with E-state index in [1.165, 1.54) is 23.5 Å². The highest BCUT2D eigenvalue weighted by atomic mass is 32.1. The molecule has 0 radical (unpaired) electrons. The molecule has 0 aliphatic heterocycles. The van der Waals surface area contributed by atoms with Gasteiger partial charge in [-0.15, -0.1) is 11.3 Å². The van der Waals surface area contributed by atoms with Crippen LogP contribution in [0.3, 0.4) is 0 Å². The molecular weight excluding hydrogens is 351 g/mol. The summed E-state index contributed by atoms with van der Waals surface area (Å²) in [6.45, 7) is 0. The number of allylic oxidation sites excluding steroid dienone is 1. The van der Waals surface area contributed by atoms with Crippen LogP contribution >= 0.6 is 11.3 Å². The lowest BCUT2D eigenvalue weighted by Crippen LogP contribution is -1.90. The van der Waals surface area contributed by atoms with Gasteiger partial charge in [-0.2, -0.15) is 5.26 Å². The molecule has 0 bridgehead atoms. The maximum absolute atomic E-state index is 13.1. The number of nitrogens with zero attached hydrogens (tertiary/aromatic N) is 2. The molecule has 26 heavy (non-hydrogen) atoms. The Morgan fingerprint density at radius 3 is 2.58 bits per heavy atom. The number of hydrogen-bond acceptors (Lipinski definition) is 5. The Kier molecular flexibility index (Phi) is 5.30. The average molecular weight is 366 g/mol. The summed E-state index contributed by atoms with van der Waals surface area (Å²) in [5, 5.41) is 12.0. The minimum Gasteiger partial charge on any atom is -0.497 e. The molecule has 0 aliphatic rings. The summed E-state index contributed by atoms with van der Waals surface area (Å²) in [5.41, 5.74) is 2.63. The Balaban J connectivity index is 1.99. The van der Waals surface area contributed by atoms with Gasteiger partial charge in [0.25, 0.3) is 0 Å². The highest BCUT2D eigenvalue weighted by Gasteiger charge is 2.11. The fourth-order valence-electron chi connectivity index (χ4n) is 2.40. The zero-order valence-corrected chi connectivity index (χ0v) is 15.0. The number of halogens is 1. The van der Waals surface area contributed by atoms with Crippen LogP contribution in [0.15, 0.2) is 47.8 Å². The quantitative estimate of drug-likeness (QED) is 0.594. The van der Waals surface area contributed by atoms with Gasteiger partial charge in [-0.25, -0.2) is 9.37 Å². The van der Waals surface area contributed by atoms with Crippen molar-refractivity contribution in [2.24, 2.45) is 0 Å². The second-order valence-electron chi connectivity index (χ2n) is 5.32. The van der Waals surface area contributed by atoms with Gasteiger partial charge in [0.05, 0.1) is 25.5 Å². The number of ether oxygens (including phenoxy) is 2. The standard InChI is InChI=1S/C20H15FN2O2S/c1-24-17-7-8-19(25-2)14(10-17)9-15(11-22)20-23-18(12-26-20)13-3-5-16(21)6-4-13/h3-10,12H,1-2H3. The summed E-state index contributed by atoms with van der Waals surface area (Å²) in [5.74, 6) is 1.00. The fraction of sp³-hybridized carbons (Fsp3) is 0.100. The smallest absolute Gasteiger partial charge is 0.134 e. The van der Waals surface area contributed by atoms with Crippen molar-refractivity contribution >= 4 is 23.0 Å². The maximum atomic E-state index is 13.1. The normalized spacial score (nSPS) is 11.1. The SMILES string of the molecule is COc1ccc(OC)c(C=C(C#N)c2nc(-c3ccc(F)cc3)cs2)c1. The Morgan fingerprint density at radius 1 is 1.15 bits per heavy atom. The largest absolute Gasteiger partial charge is 0.497 e. The van der Waals surface area contributed by atoms with Gasteiger partial charge in [-0.3, -0.25) is 0 Å². The summed E-state index contributed by atoms with van der Waals surface area (Å²) in [7, 11) is 3.15. The fourth-order valence-corrected chi connectivity index (χ4v) is 3.19. The predicted octanol–water partition coefficient (Wildman–Crippen LogP) is 5.03. The van der Waals surface area contributed by atoms with Crippen LogP contribution in [-0.2, 0) is 0 Å². The summed E-state index contributed by atoms with van der Waals surface area (Å²) in [4.78, 5) is 4.51. The van der Waals surface area contributed by atoms with Gasteiger partial charge in [0.15, 0.2) is 0 Å². The van der Waals surface area contributed by atoms with E-state index < -0.39 is 0 Å². The zero-order chi connectivity index (χ0) is 18.5. The van der Waals surface area contributed by atoms with Gasteiger partial charge in [-0.1, -0.05) is 0 Å². The molecule has 0 saturated carbocycles. The van der Waals surface area contributed by atoms with Crippen molar-refractivity contribution in [2.75, 3.05) is 14.2 Å². The first-order chi connectivity index (χ1) is 12.6. The minimum absolute atomic E-state index is 0.299. The van der Waals surface area contributed by atoms with Crippen LogP contribution in [0, 0.1) is 17.1 Å². The predicted molar refractivity (Wildman–Crippen MR) is 101 cm³/mol. The van der Waals surface area contributed by atoms with E-state index in [0.717, 1.165) is 11.1 Å². The Morgan fingerprint density at radius 2 is 1.92 bits per heavy atom. The van der Waals surface area contributed by atoms with E-state index in [1.54, 1.807) is 50.6 Å². The zero-order valence-electron chi connectivity index (χ0n) is 14.2. The monoisotopic (exact) mass is 366 g/mol.